The molecular weight excluding hydrogens is 328 g/mol. The number of fused-ring (bicyclic) bond motifs is 1. The largest absolute Gasteiger partial charge is 0.358 e. The molecule has 2 aromatic rings. The van der Waals surface area contributed by atoms with Crippen molar-refractivity contribution >= 4 is 22.7 Å². The number of benzene rings is 1. The summed E-state index contributed by atoms with van der Waals surface area (Å²) in [7, 11) is 0. The summed E-state index contributed by atoms with van der Waals surface area (Å²) in [6.45, 7) is 5.36. The van der Waals surface area contributed by atoms with E-state index in [1.54, 1.807) is 17.9 Å². The molecule has 1 aliphatic rings. The Balaban J connectivity index is 1.62. The van der Waals surface area contributed by atoms with E-state index in [0.29, 0.717) is 25.1 Å². The summed E-state index contributed by atoms with van der Waals surface area (Å²) < 4.78 is 0. The van der Waals surface area contributed by atoms with Crippen molar-refractivity contribution in [3.8, 4) is 6.07 Å². The number of rotatable bonds is 4. The molecule has 1 atom stereocenters. The number of aromatic amines is 1. The summed E-state index contributed by atoms with van der Waals surface area (Å²) in [5, 5.41) is 13.2. The highest BCUT2D eigenvalue weighted by Crippen LogP contribution is 2.24. The van der Waals surface area contributed by atoms with Crippen molar-refractivity contribution in [2.45, 2.75) is 33.1 Å². The standard InChI is InChI=1S/C20H24N4O2/c1-13-17(18-10-15(11-21)5-6-19(18)23-13)7-8-22-20(26)16-4-3-9-24(12-16)14(2)25/h5-6,10,16,23H,3-4,7-9,12H2,1-2H3,(H,22,26). The first-order valence-corrected chi connectivity index (χ1v) is 9.04. The van der Waals surface area contributed by atoms with Gasteiger partial charge in [-0.05, 0) is 49.9 Å². The number of nitrogens with one attached hydrogen (secondary N) is 2. The Kier molecular flexibility index (Phi) is 5.27. The van der Waals surface area contributed by atoms with Crippen LogP contribution in [0.2, 0.25) is 0 Å². The van der Waals surface area contributed by atoms with Crippen molar-refractivity contribution in [2.75, 3.05) is 19.6 Å². The van der Waals surface area contributed by atoms with Crippen LogP contribution in [0.3, 0.4) is 0 Å². The molecule has 2 heterocycles. The number of hydrogen-bond acceptors (Lipinski definition) is 3. The Labute approximate surface area is 153 Å². The predicted octanol–water partition coefficient (Wildman–Crippen LogP) is 2.27. The molecule has 0 bridgehead atoms. The molecule has 136 valence electrons. The monoisotopic (exact) mass is 352 g/mol. The van der Waals surface area contributed by atoms with Crippen LogP contribution in [0.5, 0.6) is 0 Å². The molecule has 1 fully saturated rings. The minimum atomic E-state index is -0.123. The lowest BCUT2D eigenvalue weighted by Crippen LogP contribution is -2.45. The molecule has 0 spiro atoms. The van der Waals surface area contributed by atoms with Crippen molar-refractivity contribution in [3.05, 3.63) is 35.0 Å². The minimum absolute atomic E-state index is 0.0196. The molecule has 1 saturated heterocycles. The van der Waals surface area contributed by atoms with Crippen LogP contribution in [-0.4, -0.2) is 41.3 Å². The van der Waals surface area contributed by atoms with Gasteiger partial charge in [0.15, 0.2) is 0 Å². The second-order valence-corrected chi connectivity index (χ2v) is 6.95. The van der Waals surface area contributed by atoms with Crippen LogP contribution in [-0.2, 0) is 16.0 Å². The van der Waals surface area contributed by atoms with Gasteiger partial charge in [0.25, 0.3) is 0 Å². The number of carbonyl (C=O) groups is 2. The van der Waals surface area contributed by atoms with E-state index < -0.39 is 0 Å². The quantitative estimate of drug-likeness (QED) is 0.884. The number of piperidine rings is 1. The normalized spacial score (nSPS) is 17.1. The first-order valence-electron chi connectivity index (χ1n) is 9.04. The first-order chi connectivity index (χ1) is 12.5. The molecule has 6 nitrogen and oxygen atoms in total. The zero-order valence-electron chi connectivity index (χ0n) is 15.3. The van der Waals surface area contributed by atoms with Crippen LogP contribution in [0.4, 0.5) is 0 Å². The molecule has 6 heteroatoms. The molecular formula is C20H24N4O2. The van der Waals surface area contributed by atoms with Gasteiger partial charge in [-0.3, -0.25) is 9.59 Å². The van der Waals surface area contributed by atoms with E-state index in [2.05, 4.69) is 16.4 Å². The highest BCUT2D eigenvalue weighted by Gasteiger charge is 2.26. The van der Waals surface area contributed by atoms with Gasteiger partial charge < -0.3 is 15.2 Å². The third-order valence-electron chi connectivity index (χ3n) is 5.16. The van der Waals surface area contributed by atoms with Gasteiger partial charge in [0, 0.05) is 43.2 Å². The number of nitriles is 1. The van der Waals surface area contributed by atoms with Gasteiger partial charge in [-0.25, -0.2) is 0 Å². The second-order valence-electron chi connectivity index (χ2n) is 6.95. The lowest BCUT2D eigenvalue weighted by molar-refractivity contribution is -0.133. The molecule has 2 amide bonds. The first kappa shape index (κ1) is 18.0. The van der Waals surface area contributed by atoms with Crippen LogP contribution < -0.4 is 5.32 Å². The lowest BCUT2D eigenvalue weighted by Gasteiger charge is -2.31. The van der Waals surface area contributed by atoms with Crippen molar-refractivity contribution in [1.82, 2.24) is 15.2 Å². The maximum Gasteiger partial charge on any atom is 0.224 e. The third kappa shape index (κ3) is 3.72. The molecule has 3 rings (SSSR count). The average Bonchev–Trinajstić information content (AvgIpc) is 2.96. The maximum absolute atomic E-state index is 12.4. The zero-order chi connectivity index (χ0) is 18.7. The van der Waals surface area contributed by atoms with E-state index in [1.807, 2.05) is 19.1 Å². The van der Waals surface area contributed by atoms with Gasteiger partial charge in [-0.15, -0.1) is 0 Å². The van der Waals surface area contributed by atoms with Crippen molar-refractivity contribution in [3.63, 3.8) is 0 Å². The SMILES string of the molecule is CC(=O)N1CCCC(C(=O)NCCc2c(C)[nH]c3ccc(C#N)cc23)C1. The molecule has 0 saturated carbocycles. The molecule has 1 aliphatic heterocycles. The van der Waals surface area contributed by atoms with Gasteiger partial charge >= 0.3 is 0 Å². The number of hydrogen-bond donors (Lipinski definition) is 2. The van der Waals surface area contributed by atoms with Crippen molar-refractivity contribution < 1.29 is 9.59 Å². The predicted molar refractivity (Wildman–Crippen MR) is 99.4 cm³/mol. The number of aromatic nitrogens is 1. The van der Waals surface area contributed by atoms with E-state index in [0.717, 1.165) is 41.5 Å². The van der Waals surface area contributed by atoms with E-state index in [9.17, 15) is 9.59 Å². The molecule has 0 radical (unpaired) electrons. The number of H-pyrrole nitrogens is 1. The summed E-state index contributed by atoms with van der Waals surface area (Å²) in [5.41, 5.74) is 3.83. The van der Waals surface area contributed by atoms with E-state index in [-0.39, 0.29) is 17.7 Å². The number of likely N-dealkylation sites (tertiary alicyclic amines) is 1. The number of carbonyl (C=O) groups excluding carboxylic acids is 2. The Hall–Kier alpha value is -2.81. The van der Waals surface area contributed by atoms with E-state index >= 15 is 0 Å². The molecule has 1 unspecified atom stereocenters. The molecule has 1 aromatic carbocycles. The van der Waals surface area contributed by atoms with Crippen molar-refractivity contribution in [1.29, 1.82) is 5.26 Å². The van der Waals surface area contributed by atoms with Gasteiger partial charge in [0.1, 0.15) is 0 Å². The van der Waals surface area contributed by atoms with Gasteiger partial charge in [0.2, 0.25) is 11.8 Å². The summed E-state index contributed by atoms with van der Waals surface area (Å²) in [4.78, 5) is 29.0. The number of nitrogens with zero attached hydrogens (tertiary/aromatic N) is 2. The van der Waals surface area contributed by atoms with Crippen LogP contribution in [0.25, 0.3) is 10.9 Å². The Morgan fingerprint density at radius 2 is 2.23 bits per heavy atom. The van der Waals surface area contributed by atoms with E-state index in [4.69, 9.17) is 5.26 Å². The van der Waals surface area contributed by atoms with Crippen LogP contribution in [0, 0.1) is 24.2 Å². The zero-order valence-corrected chi connectivity index (χ0v) is 15.3. The van der Waals surface area contributed by atoms with Gasteiger partial charge in [0.05, 0.1) is 17.6 Å². The Morgan fingerprint density at radius 3 is 2.96 bits per heavy atom. The van der Waals surface area contributed by atoms with Gasteiger partial charge in [-0.2, -0.15) is 5.26 Å². The van der Waals surface area contributed by atoms with Crippen molar-refractivity contribution in [2.24, 2.45) is 5.92 Å². The van der Waals surface area contributed by atoms with Crippen LogP contribution in [0.1, 0.15) is 36.6 Å². The molecule has 1 aromatic heterocycles. The summed E-state index contributed by atoms with van der Waals surface area (Å²) in [6.07, 6.45) is 2.40. The smallest absolute Gasteiger partial charge is 0.224 e. The average molecular weight is 352 g/mol. The molecule has 0 aliphatic carbocycles. The second kappa shape index (κ2) is 7.61. The topological polar surface area (TPSA) is 89.0 Å². The lowest BCUT2D eigenvalue weighted by atomic mass is 9.97. The third-order valence-corrected chi connectivity index (χ3v) is 5.16. The fourth-order valence-electron chi connectivity index (χ4n) is 3.71. The highest BCUT2D eigenvalue weighted by molar-refractivity contribution is 5.86. The Bertz CT molecular complexity index is 878. The number of amides is 2. The van der Waals surface area contributed by atoms with E-state index in [1.165, 1.54) is 0 Å². The summed E-state index contributed by atoms with van der Waals surface area (Å²) >= 11 is 0. The number of aryl methyl sites for hydroxylation is 1. The van der Waals surface area contributed by atoms with Crippen LogP contribution >= 0.6 is 0 Å². The maximum atomic E-state index is 12.4. The minimum Gasteiger partial charge on any atom is -0.358 e. The fourth-order valence-corrected chi connectivity index (χ4v) is 3.71. The molecule has 2 N–H and O–H groups in total. The van der Waals surface area contributed by atoms with Crippen LogP contribution in [0.15, 0.2) is 18.2 Å². The highest BCUT2D eigenvalue weighted by atomic mass is 16.2. The Morgan fingerprint density at radius 1 is 1.42 bits per heavy atom. The van der Waals surface area contributed by atoms with Gasteiger partial charge in [-0.1, -0.05) is 0 Å². The fraction of sp³-hybridized carbons (Fsp3) is 0.450. The molecule has 26 heavy (non-hydrogen) atoms. The summed E-state index contributed by atoms with van der Waals surface area (Å²) in [5.74, 6) is -0.0710. The summed E-state index contributed by atoms with van der Waals surface area (Å²) in [6, 6.07) is 7.78.